The van der Waals surface area contributed by atoms with E-state index in [-0.39, 0.29) is 5.92 Å². The second-order valence-electron chi connectivity index (χ2n) is 10.5. The van der Waals surface area contributed by atoms with Crippen molar-refractivity contribution in [1.29, 1.82) is 0 Å². The SMILES string of the molecule is C=CCCC1CCC2CC(C3CCC(c4ccc(OC(F)(F)F)c(F)c4)CC3)CCC2C1. The standard InChI is InChI=1S/C27H36F4O/c1-2-3-4-18-5-6-23-16-22(12-11-21(23)15-18)19-7-9-20(10-8-19)24-13-14-26(25(28)17-24)32-27(29,30)31/h2,13-14,17-23H,1,3-12,15-16H2. The molecular formula is C27H36F4O. The Bertz CT molecular complexity index is 765. The second kappa shape index (κ2) is 10.2. The Balaban J connectivity index is 1.27. The molecule has 0 aromatic heterocycles. The van der Waals surface area contributed by atoms with Crippen LogP contribution in [0.5, 0.6) is 5.75 Å². The average Bonchev–Trinajstić information content (AvgIpc) is 2.78. The third-order valence-corrected chi connectivity index (χ3v) is 8.63. The summed E-state index contributed by atoms with van der Waals surface area (Å²) in [6.07, 6.45) is 12.2. The van der Waals surface area contributed by atoms with Crippen molar-refractivity contribution in [3.63, 3.8) is 0 Å². The number of fused-ring (bicyclic) bond motifs is 1. The van der Waals surface area contributed by atoms with Gasteiger partial charge in [0.2, 0.25) is 0 Å². The van der Waals surface area contributed by atoms with E-state index in [1.165, 1.54) is 51.0 Å². The van der Waals surface area contributed by atoms with Gasteiger partial charge in [-0.15, -0.1) is 19.8 Å². The maximum Gasteiger partial charge on any atom is 0.573 e. The van der Waals surface area contributed by atoms with E-state index < -0.39 is 17.9 Å². The Morgan fingerprint density at radius 2 is 1.50 bits per heavy atom. The molecule has 0 bridgehead atoms. The third-order valence-electron chi connectivity index (χ3n) is 8.63. The molecular weight excluding hydrogens is 416 g/mol. The number of ether oxygens (including phenoxy) is 1. The summed E-state index contributed by atoms with van der Waals surface area (Å²) < 4.78 is 55.0. The number of hydrogen-bond donors (Lipinski definition) is 0. The van der Waals surface area contributed by atoms with Gasteiger partial charge in [0.25, 0.3) is 0 Å². The molecule has 0 heterocycles. The van der Waals surface area contributed by atoms with Gasteiger partial charge >= 0.3 is 6.36 Å². The minimum absolute atomic E-state index is 0.234. The summed E-state index contributed by atoms with van der Waals surface area (Å²) >= 11 is 0. The van der Waals surface area contributed by atoms with Crippen LogP contribution in [0.2, 0.25) is 0 Å². The highest BCUT2D eigenvalue weighted by atomic mass is 19.4. The molecule has 32 heavy (non-hydrogen) atoms. The highest BCUT2D eigenvalue weighted by Gasteiger charge is 2.39. The monoisotopic (exact) mass is 452 g/mol. The van der Waals surface area contributed by atoms with Crippen LogP contribution in [0.3, 0.4) is 0 Å². The van der Waals surface area contributed by atoms with E-state index in [1.54, 1.807) is 6.07 Å². The number of halogens is 4. The van der Waals surface area contributed by atoms with Gasteiger partial charge in [-0.2, -0.15) is 0 Å². The van der Waals surface area contributed by atoms with Crippen LogP contribution in [-0.4, -0.2) is 6.36 Å². The zero-order valence-electron chi connectivity index (χ0n) is 18.9. The summed E-state index contributed by atoms with van der Waals surface area (Å²) in [7, 11) is 0. The fourth-order valence-electron chi connectivity index (χ4n) is 6.97. The predicted octanol–water partition coefficient (Wildman–Crippen LogP) is 8.80. The summed E-state index contributed by atoms with van der Waals surface area (Å²) in [5, 5.41) is 0. The molecule has 5 heteroatoms. The average molecular weight is 453 g/mol. The van der Waals surface area contributed by atoms with Crippen molar-refractivity contribution in [1.82, 2.24) is 0 Å². The second-order valence-corrected chi connectivity index (χ2v) is 10.5. The third kappa shape index (κ3) is 5.88. The van der Waals surface area contributed by atoms with Gasteiger partial charge < -0.3 is 4.74 Å². The molecule has 1 aromatic carbocycles. The summed E-state index contributed by atoms with van der Waals surface area (Å²) in [5.74, 6) is 2.86. The first-order valence-electron chi connectivity index (χ1n) is 12.5. The summed E-state index contributed by atoms with van der Waals surface area (Å²) in [5.41, 5.74) is 0.803. The molecule has 3 saturated carbocycles. The van der Waals surface area contributed by atoms with Crippen molar-refractivity contribution in [2.75, 3.05) is 0 Å². The van der Waals surface area contributed by atoms with Crippen LogP contribution in [0, 0.1) is 35.4 Å². The molecule has 0 N–H and O–H groups in total. The van der Waals surface area contributed by atoms with Crippen LogP contribution in [0.4, 0.5) is 17.6 Å². The van der Waals surface area contributed by atoms with Gasteiger partial charge in [-0.1, -0.05) is 18.6 Å². The van der Waals surface area contributed by atoms with Crippen LogP contribution in [0.15, 0.2) is 30.9 Å². The van der Waals surface area contributed by atoms with Crippen LogP contribution in [0.1, 0.15) is 88.5 Å². The zero-order valence-corrected chi connectivity index (χ0v) is 18.9. The minimum atomic E-state index is -4.87. The van der Waals surface area contributed by atoms with Crippen LogP contribution < -0.4 is 4.74 Å². The molecule has 0 aliphatic heterocycles. The maximum absolute atomic E-state index is 14.1. The van der Waals surface area contributed by atoms with Crippen LogP contribution in [-0.2, 0) is 0 Å². The van der Waals surface area contributed by atoms with Crippen LogP contribution in [0.25, 0.3) is 0 Å². The number of allylic oxidation sites excluding steroid dienone is 1. The van der Waals surface area contributed by atoms with E-state index in [2.05, 4.69) is 17.4 Å². The lowest BCUT2D eigenvalue weighted by molar-refractivity contribution is -0.275. The van der Waals surface area contributed by atoms with Gasteiger partial charge in [0.05, 0.1) is 0 Å². The maximum atomic E-state index is 14.1. The van der Waals surface area contributed by atoms with Crippen molar-refractivity contribution in [3.8, 4) is 5.75 Å². The molecule has 0 radical (unpaired) electrons. The largest absolute Gasteiger partial charge is 0.573 e. The quantitative estimate of drug-likeness (QED) is 0.309. The molecule has 1 nitrogen and oxygen atoms in total. The number of rotatable bonds is 6. The molecule has 3 fully saturated rings. The van der Waals surface area contributed by atoms with Crippen molar-refractivity contribution < 1.29 is 22.3 Å². The molecule has 4 atom stereocenters. The van der Waals surface area contributed by atoms with Crippen molar-refractivity contribution in [2.24, 2.45) is 29.6 Å². The van der Waals surface area contributed by atoms with Gasteiger partial charge in [0.1, 0.15) is 0 Å². The zero-order chi connectivity index (χ0) is 22.7. The van der Waals surface area contributed by atoms with Crippen molar-refractivity contribution >= 4 is 0 Å². The number of alkyl halides is 3. The van der Waals surface area contributed by atoms with Crippen LogP contribution >= 0.6 is 0 Å². The highest BCUT2D eigenvalue weighted by Crippen LogP contribution is 2.50. The van der Waals surface area contributed by atoms with E-state index in [0.717, 1.165) is 73.3 Å². The van der Waals surface area contributed by atoms with Gasteiger partial charge in [-0.05, 0) is 124 Å². The first kappa shape index (κ1) is 23.6. The fourth-order valence-corrected chi connectivity index (χ4v) is 6.97. The summed E-state index contributed by atoms with van der Waals surface area (Å²) in [6.45, 7) is 3.87. The Hall–Kier alpha value is -1.52. The smallest absolute Gasteiger partial charge is 0.403 e. The van der Waals surface area contributed by atoms with Gasteiger partial charge in [-0.25, -0.2) is 4.39 Å². The molecule has 4 unspecified atom stereocenters. The molecule has 1 aromatic rings. The molecule has 0 spiro atoms. The fraction of sp³-hybridized carbons (Fsp3) is 0.704. The van der Waals surface area contributed by atoms with Gasteiger partial charge in [-0.3, -0.25) is 0 Å². The summed E-state index contributed by atoms with van der Waals surface area (Å²) in [4.78, 5) is 0. The Morgan fingerprint density at radius 3 is 2.16 bits per heavy atom. The van der Waals surface area contributed by atoms with E-state index in [0.29, 0.717) is 0 Å². The van der Waals surface area contributed by atoms with E-state index in [1.807, 2.05) is 0 Å². The molecule has 178 valence electrons. The lowest BCUT2D eigenvalue weighted by Crippen LogP contribution is -2.34. The van der Waals surface area contributed by atoms with Gasteiger partial charge in [0.15, 0.2) is 11.6 Å². The van der Waals surface area contributed by atoms with E-state index in [9.17, 15) is 17.6 Å². The molecule has 4 rings (SSSR count). The molecule has 3 aliphatic rings. The topological polar surface area (TPSA) is 9.23 Å². The molecule has 3 aliphatic carbocycles. The molecule has 0 saturated heterocycles. The highest BCUT2D eigenvalue weighted by molar-refractivity contribution is 5.31. The lowest BCUT2D eigenvalue weighted by Gasteiger charge is -2.45. The lowest BCUT2D eigenvalue weighted by atomic mass is 9.60. The predicted molar refractivity (Wildman–Crippen MR) is 119 cm³/mol. The van der Waals surface area contributed by atoms with E-state index >= 15 is 0 Å². The molecule has 0 amide bonds. The number of hydrogen-bond acceptors (Lipinski definition) is 1. The Morgan fingerprint density at radius 1 is 0.875 bits per heavy atom. The summed E-state index contributed by atoms with van der Waals surface area (Å²) in [6, 6.07) is 3.96. The number of benzene rings is 1. The first-order chi connectivity index (χ1) is 15.3. The van der Waals surface area contributed by atoms with Crippen molar-refractivity contribution in [2.45, 2.75) is 89.3 Å². The normalized spacial score (nSPS) is 33.4. The Labute approximate surface area is 189 Å². The van der Waals surface area contributed by atoms with Crippen molar-refractivity contribution in [3.05, 3.63) is 42.2 Å². The Kier molecular flexibility index (Phi) is 7.51. The van der Waals surface area contributed by atoms with E-state index in [4.69, 9.17) is 0 Å². The minimum Gasteiger partial charge on any atom is -0.403 e. The first-order valence-corrected chi connectivity index (χ1v) is 12.5. The van der Waals surface area contributed by atoms with Gasteiger partial charge in [0, 0.05) is 0 Å².